The summed E-state index contributed by atoms with van der Waals surface area (Å²) in [7, 11) is -2.98. The van der Waals surface area contributed by atoms with Crippen LogP contribution in [0.25, 0.3) is 0 Å². The quantitative estimate of drug-likeness (QED) is 0.809. The molecule has 2 heterocycles. The van der Waals surface area contributed by atoms with E-state index in [1.165, 1.54) is 44.9 Å². The zero-order chi connectivity index (χ0) is 17.2. The highest BCUT2D eigenvalue weighted by molar-refractivity contribution is 7.90. The fraction of sp³-hybridized carbons (Fsp3) is 0.941. The van der Waals surface area contributed by atoms with Crippen molar-refractivity contribution in [3.63, 3.8) is 0 Å². The molecule has 2 aliphatic heterocycles. The molecule has 1 N–H and O–H groups in total. The van der Waals surface area contributed by atoms with Crippen LogP contribution >= 0.6 is 0 Å². The van der Waals surface area contributed by atoms with Gasteiger partial charge in [0, 0.05) is 38.0 Å². The van der Waals surface area contributed by atoms with E-state index >= 15 is 0 Å². The molecule has 3 rings (SSSR count). The molecule has 6 nitrogen and oxygen atoms in total. The molecule has 0 radical (unpaired) electrons. The summed E-state index contributed by atoms with van der Waals surface area (Å²) in [5, 5.41) is 3.11. The molecule has 1 aliphatic carbocycles. The van der Waals surface area contributed by atoms with E-state index in [0.29, 0.717) is 12.6 Å². The number of urea groups is 1. The summed E-state index contributed by atoms with van der Waals surface area (Å²) in [6, 6.07) is 1.21. The molecule has 0 aromatic heterocycles. The second-order valence-corrected chi connectivity index (χ2v) is 10.0. The minimum atomic E-state index is -2.98. The van der Waals surface area contributed by atoms with Gasteiger partial charge >= 0.3 is 6.03 Å². The second-order valence-electron chi connectivity index (χ2n) is 7.85. The van der Waals surface area contributed by atoms with Crippen LogP contribution in [0, 0.1) is 5.92 Å². The molecule has 2 unspecified atom stereocenters. The van der Waals surface area contributed by atoms with Gasteiger partial charge in [-0.3, -0.25) is 4.90 Å². The lowest BCUT2D eigenvalue weighted by molar-refractivity contribution is 0.130. The number of carbonyl (C=O) groups is 1. The van der Waals surface area contributed by atoms with Crippen LogP contribution in [0.3, 0.4) is 0 Å². The number of nitrogens with one attached hydrogen (secondary N) is 1. The minimum Gasteiger partial charge on any atom is -0.336 e. The first kappa shape index (κ1) is 18.0. The maximum absolute atomic E-state index is 12.5. The van der Waals surface area contributed by atoms with Crippen LogP contribution in [0.15, 0.2) is 0 Å². The van der Waals surface area contributed by atoms with Gasteiger partial charge in [-0.25, -0.2) is 13.2 Å². The lowest BCUT2D eigenvalue weighted by Gasteiger charge is -2.37. The zero-order valence-corrected chi connectivity index (χ0v) is 15.6. The molecule has 2 atom stereocenters. The van der Waals surface area contributed by atoms with Gasteiger partial charge in [-0.15, -0.1) is 0 Å². The normalized spacial score (nSPS) is 29.5. The summed E-state index contributed by atoms with van der Waals surface area (Å²) in [6.07, 6.45) is 9.40. The van der Waals surface area contributed by atoms with Gasteiger partial charge in [0.2, 0.25) is 0 Å². The van der Waals surface area contributed by atoms with Gasteiger partial charge < -0.3 is 10.2 Å². The van der Waals surface area contributed by atoms with E-state index in [0.717, 1.165) is 32.0 Å². The number of carbonyl (C=O) groups excluding carboxylic acids is 1. The minimum absolute atomic E-state index is 0.0190. The Morgan fingerprint density at radius 1 is 1.08 bits per heavy atom. The molecule has 2 amide bonds. The van der Waals surface area contributed by atoms with Gasteiger partial charge in [0.1, 0.15) is 9.84 Å². The van der Waals surface area contributed by atoms with E-state index in [4.69, 9.17) is 0 Å². The van der Waals surface area contributed by atoms with Crippen molar-refractivity contribution in [2.75, 3.05) is 38.2 Å². The van der Waals surface area contributed by atoms with Crippen LogP contribution < -0.4 is 5.32 Å². The van der Waals surface area contributed by atoms with Gasteiger partial charge in [-0.05, 0) is 51.0 Å². The van der Waals surface area contributed by atoms with Crippen LogP contribution in [-0.4, -0.2) is 74.5 Å². The third kappa shape index (κ3) is 5.09. The molecular weight excluding hydrogens is 326 g/mol. The standard InChI is InChI=1S/C17H31N3O3S/c1-24(22,23)13-14-5-4-9-19(12-14)17(21)18-11-16-6-2-3-10-20(16)15-7-8-15/h14-16H,2-13H2,1H3,(H,18,21). The van der Waals surface area contributed by atoms with Crippen molar-refractivity contribution in [2.45, 2.75) is 57.0 Å². The molecule has 0 aromatic carbocycles. The van der Waals surface area contributed by atoms with Crippen molar-refractivity contribution < 1.29 is 13.2 Å². The molecule has 24 heavy (non-hydrogen) atoms. The summed E-state index contributed by atoms with van der Waals surface area (Å²) in [4.78, 5) is 16.9. The summed E-state index contributed by atoms with van der Waals surface area (Å²) in [5.74, 6) is 0.270. The Balaban J connectivity index is 1.47. The van der Waals surface area contributed by atoms with Crippen molar-refractivity contribution >= 4 is 15.9 Å². The van der Waals surface area contributed by atoms with Crippen molar-refractivity contribution in [3.05, 3.63) is 0 Å². The van der Waals surface area contributed by atoms with E-state index in [1.54, 1.807) is 0 Å². The number of rotatable bonds is 5. The van der Waals surface area contributed by atoms with Gasteiger partial charge in [0.05, 0.1) is 5.75 Å². The summed E-state index contributed by atoms with van der Waals surface area (Å²) < 4.78 is 23.0. The fourth-order valence-electron chi connectivity index (χ4n) is 4.26. The highest BCUT2D eigenvalue weighted by atomic mass is 32.2. The Labute approximate surface area is 145 Å². The average Bonchev–Trinajstić information content (AvgIpc) is 3.36. The third-order valence-electron chi connectivity index (χ3n) is 5.52. The highest BCUT2D eigenvalue weighted by Crippen LogP contribution is 2.32. The first-order valence-electron chi connectivity index (χ1n) is 9.38. The molecular formula is C17H31N3O3S. The van der Waals surface area contributed by atoms with Gasteiger partial charge in [0.25, 0.3) is 0 Å². The van der Waals surface area contributed by atoms with Gasteiger partial charge in [0.15, 0.2) is 0 Å². The smallest absolute Gasteiger partial charge is 0.317 e. The van der Waals surface area contributed by atoms with Crippen molar-refractivity contribution in [3.8, 4) is 0 Å². The maximum Gasteiger partial charge on any atom is 0.317 e. The number of hydrogen-bond acceptors (Lipinski definition) is 4. The van der Waals surface area contributed by atoms with Crippen molar-refractivity contribution in [1.82, 2.24) is 15.1 Å². The fourth-order valence-corrected chi connectivity index (χ4v) is 5.39. The summed E-state index contributed by atoms with van der Waals surface area (Å²) in [6.45, 7) is 3.20. The van der Waals surface area contributed by atoms with Gasteiger partial charge in [-0.2, -0.15) is 0 Å². The maximum atomic E-state index is 12.5. The number of piperidine rings is 2. The average molecular weight is 358 g/mol. The third-order valence-corrected chi connectivity index (χ3v) is 6.60. The molecule has 0 spiro atoms. The molecule has 138 valence electrons. The summed E-state index contributed by atoms with van der Waals surface area (Å²) in [5.41, 5.74) is 0. The number of sulfone groups is 1. The Hall–Kier alpha value is -0.820. The number of nitrogens with zero attached hydrogens (tertiary/aromatic N) is 2. The molecule has 3 fully saturated rings. The topological polar surface area (TPSA) is 69.7 Å². The zero-order valence-electron chi connectivity index (χ0n) is 14.7. The van der Waals surface area contributed by atoms with E-state index in [1.807, 2.05) is 4.90 Å². The predicted octanol–water partition coefficient (Wildman–Crippen LogP) is 1.47. The molecule has 1 saturated carbocycles. The Morgan fingerprint density at radius 2 is 1.88 bits per heavy atom. The largest absolute Gasteiger partial charge is 0.336 e. The first-order chi connectivity index (χ1) is 11.4. The Bertz CT molecular complexity index is 547. The van der Waals surface area contributed by atoms with E-state index in [2.05, 4.69) is 10.2 Å². The molecule has 2 saturated heterocycles. The van der Waals surface area contributed by atoms with Crippen molar-refractivity contribution in [1.29, 1.82) is 0 Å². The Morgan fingerprint density at radius 3 is 2.58 bits per heavy atom. The summed E-state index contributed by atoms with van der Waals surface area (Å²) >= 11 is 0. The lowest BCUT2D eigenvalue weighted by atomic mass is 10.0. The SMILES string of the molecule is CS(=O)(=O)CC1CCCN(C(=O)NCC2CCCCN2C2CC2)C1. The molecule has 7 heteroatoms. The Kier molecular flexibility index (Phi) is 5.70. The lowest BCUT2D eigenvalue weighted by Crippen LogP contribution is -2.52. The van der Waals surface area contributed by atoms with E-state index in [-0.39, 0.29) is 17.7 Å². The molecule has 0 bridgehead atoms. The van der Waals surface area contributed by atoms with Crippen LogP contribution in [-0.2, 0) is 9.84 Å². The van der Waals surface area contributed by atoms with E-state index in [9.17, 15) is 13.2 Å². The van der Waals surface area contributed by atoms with Crippen molar-refractivity contribution in [2.24, 2.45) is 5.92 Å². The van der Waals surface area contributed by atoms with Crippen LogP contribution in [0.2, 0.25) is 0 Å². The number of amides is 2. The molecule has 3 aliphatic rings. The second kappa shape index (κ2) is 7.60. The monoisotopic (exact) mass is 357 g/mol. The number of likely N-dealkylation sites (tertiary alicyclic amines) is 2. The predicted molar refractivity (Wildman–Crippen MR) is 94.8 cm³/mol. The molecule has 0 aromatic rings. The highest BCUT2D eigenvalue weighted by Gasteiger charge is 2.35. The number of hydrogen-bond donors (Lipinski definition) is 1. The van der Waals surface area contributed by atoms with Crippen LogP contribution in [0.1, 0.15) is 44.9 Å². The van der Waals surface area contributed by atoms with Crippen LogP contribution in [0.4, 0.5) is 4.79 Å². The van der Waals surface area contributed by atoms with Crippen LogP contribution in [0.5, 0.6) is 0 Å². The first-order valence-corrected chi connectivity index (χ1v) is 11.4. The van der Waals surface area contributed by atoms with E-state index < -0.39 is 9.84 Å². The van der Waals surface area contributed by atoms with Gasteiger partial charge in [-0.1, -0.05) is 6.42 Å².